The molecule has 2 aromatic rings. The second-order valence-corrected chi connectivity index (χ2v) is 12.9. The molecule has 0 aliphatic heterocycles. The number of hydrogen-bond donors (Lipinski definition) is 3. The number of thiol groups is 1. The first-order valence-electron chi connectivity index (χ1n) is 14.5. The molecule has 43 heavy (non-hydrogen) atoms. The summed E-state index contributed by atoms with van der Waals surface area (Å²) in [6.07, 6.45) is -0.572. The molecule has 0 heterocycles. The Hall–Kier alpha value is -3.53. The fourth-order valence-electron chi connectivity index (χ4n) is 4.65. The standard InChI is InChI=1S/C33H47N3O6S/c1-10-36(29(38)25(20-43)35-31(40)42-33(7,8)9)27(26-21(2)15-14-16-22(26)3)28(37)34-24(30(39)41-32(4,5)6)19-23-17-12-11-13-18-23/h11-18,24-25,27,43H,10,19-20H2,1-9H3,(H,34,37)(H,35,40). The highest BCUT2D eigenvalue weighted by atomic mass is 32.1. The molecule has 0 spiro atoms. The van der Waals surface area contributed by atoms with E-state index in [4.69, 9.17) is 9.47 Å². The van der Waals surface area contributed by atoms with Crippen molar-refractivity contribution in [2.75, 3.05) is 12.3 Å². The topological polar surface area (TPSA) is 114 Å². The van der Waals surface area contributed by atoms with Crippen LogP contribution in [-0.4, -0.2) is 64.4 Å². The van der Waals surface area contributed by atoms with Crippen LogP contribution in [0.5, 0.6) is 0 Å². The number of hydrogen-bond acceptors (Lipinski definition) is 7. The van der Waals surface area contributed by atoms with Gasteiger partial charge in [0.15, 0.2) is 0 Å². The lowest BCUT2D eigenvalue weighted by Crippen LogP contribution is -2.55. The second kappa shape index (κ2) is 15.3. The van der Waals surface area contributed by atoms with Crippen molar-refractivity contribution < 1.29 is 28.7 Å². The minimum atomic E-state index is -1.11. The summed E-state index contributed by atoms with van der Waals surface area (Å²) in [4.78, 5) is 55.6. The van der Waals surface area contributed by atoms with Gasteiger partial charge in [0.1, 0.15) is 29.3 Å². The van der Waals surface area contributed by atoms with E-state index in [2.05, 4.69) is 23.3 Å². The highest BCUT2D eigenvalue weighted by Gasteiger charge is 2.38. The highest BCUT2D eigenvalue weighted by Crippen LogP contribution is 2.29. The van der Waals surface area contributed by atoms with E-state index in [1.54, 1.807) is 48.5 Å². The third-order valence-electron chi connectivity index (χ3n) is 6.46. The van der Waals surface area contributed by atoms with Crippen LogP contribution in [0.4, 0.5) is 4.79 Å². The van der Waals surface area contributed by atoms with Crippen molar-refractivity contribution in [3.63, 3.8) is 0 Å². The summed E-state index contributed by atoms with van der Waals surface area (Å²) in [5.41, 5.74) is 1.52. The zero-order chi connectivity index (χ0) is 32.5. The number of nitrogens with zero attached hydrogens (tertiary/aromatic N) is 1. The number of nitrogens with one attached hydrogen (secondary N) is 2. The van der Waals surface area contributed by atoms with Gasteiger partial charge in [-0.2, -0.15) is 12.6 Å². The van der Waals surface area contributed by atoms with E-state index < -0.39 is 53.2 Å². The average molecular weight is 614 g/mol. The van der Waals surface area contributed by atoms with Crippen LogP contribution in [0.3, 0.4) is 0 Å². The molecule has 0 radical (unpaired) electrons. The summed E-state index contributed by atoms with van der Waals surface area (Å²) in [5.74, 6) is -1.67. The summed E-state index contributed by atoms with van der Waals surface area (Å²) in [7, 11) is 0. The highest BCUT2D eigenvalue weighted by molar-refractivity contribution is 7.80. The Bertz CT molecular complexity index is 1250. The Morgan fingerprint density at radius 1 is 0.814 bits per heavy atom. The number of likely N-dealkylation sites (N-methyl/N-ethyl adjacent to an activating group) is 1. The molecule has 236 valence electrons. The van der Waals surface area contributed by atoms with Gasteiger partial charge in [0.2, 0.25) is 11.8 Å². The SMILES string of the molecule is CCN(C(=O)C(CS)NC(=O)OC(C)(C)C)C(C(=O)NC(Cc1ccccc1)C(=O)OC(C)(C)C)c1c(C)cccc1C. The van der Waals surface area contributed by atoms with Crippen LogP contribution < -0.4 is 10.6 Å². The molecule has 0 aromatic heterocycles. The smallest absolute Gasteiger partial charge is 0.408 e. The van der Waals surface area contributed by atoms with Gasteiger partial charge in [-0.15, -0.1) is 0 Å². The van der Waals surface area contributed by atoms with Crippen LogP contribution in [0.25, 0.3) is 0 Å². The molecule has 10 heteroatoms. The average Bonchev–Trinajstić information content (AvgIpc) is 2.89. The van der Waals surface area contributed by atoms with Crippen LogP contribution in [0.2, 0.25) is 0 Å². The predicted octanol–water partition coefficient (Wildman–Crippen LogP) is 5.09. The monoisotopic (exact) mass is 613 g/mol. The van der Waals surface area contributed by atoms with E-state index in [0.29, 0.717) is 5.56 Å². The van der Waals surface area contributed by atoms with Crippen molar-refractivity contribution in [3.8, 4) is 0 Å². The van der Waals surface area contributed by atoms with Gasteiger partial charge in [-0.3, -0.25) is 9.59 Å². The first kappa shape index (κ1) is 35.7. The minimum absolute atomic E-state index is 0.0236. The Balaban J connectivity index is 2.55. The summed E-state index contributed by atoms with van der Waals surface area (Å²) in [6, 6.07) is 11.7. The van der Waals surface area contributed by atoms with Crippen molar-refractivity contribution in [2.24, 2.45) is 0 Å². The van der Waals surface area contributed by atoms with Crippen LogP contribution >= 0.6 is 12.6 Å². The van der Waals surface area contributed by atoms with Crippen molar-refractivity contribution in [1.29, 1.82) is 0 Å². The number of amides is 3. The van der Waals surface area contributed by atoms with Gasteiger partial charge in [0.05, 0.1) is 0 Å². The van der Waals surface area contributed by atoms with Gasteiger partial charge in [0.25, 0.3) is 0 Å². The van der Waals surface area contributed by atoms with Crippen molar-refractivity contribution >= 4 is 36.5 Å². The molecule has 3 atom stereocenters. The van der Waals surface area contributed by atoms with E-state index in [0.717, 1.165) is 16.7 Å². The van der Waals surface area contributed by atoms with Gasteiger partial charge in [0, 0.05) is 18.7 Å². The fourth-order valence-corrected chi connectivity index (χ4v) is 4.90. The van der Waals surface area contributed by atoms with Crippen molar-refractivity contribution in [3.05, 3.63) is 70.8 Å². The molecule has 2 rings (SSSR count). The van der Waals surface area contributed by atoms with Crippen LogP contribution in [0.15, 0.2) is 48.5 Å². The lowest BCUT2D eigenvalue weighted by molar-refractivity contribution is -0.159. The number of aryl methyl sites for hydroxylation is 2. The third-order valence-corrected chi connectivity index (χ3v) is 6.83. The molecule has 0 fully saturated rings. The number of ether oxygens (including phenoxy) is 2. The largest absolute Gasteiger partial charge is 0.458 e. The zero-order valence-corrected chi connectivity index (χ0v) is 27.7. The Kier molecular flexibility index (Phi) is 12.7. The molecule has 3 amide bonds. The van der Waals surface area contributed by atoms with E-state index in [1.807, 2.05) is 62.4 Å². The number of carbonyl (C=O) groups is 4. The van der Waals surface area contributed by atoms with E-state index in [-0.39, 0.29) is 18.7 Å². The molecule has 2 aromatic carbocycles. The second-order valence-electron chi connectivity index (χ2n) is 12.5. The maximum atomic E-state index is 14.3. The zero-order valence-electron chi connectivity index (χ0n) is 26.8. The van der Waals surface area contributed by atoms with Crippen molar-refractivity contribution in [1.82, 2.24) is 15.5 Å². The number of carbonyl (C=O) groups excluding carboxylic acids is 4. The Labute approximate surface area is 261 Å². The van der Waals surface area contributed by atoms with Gasteiger partial charge in [-0.1, -0.05) is 48.5 Å². The number of alkyl carbamates (subject to hydrolysis) is 1. The number of benzene rings is 2. The van der Waals surface area contributed by atoms with Gasteiger partial charge >= 0.3 is 12.1 Å². The third kappa shape index (κ3) is 10.9. The first-order valence-corrected chi connectivity index (χ1v) is 15.1. The molecule has 0 aliphatic carbocycles. The quantitative estimate of drug-likeness (QED) is 0.241. The van der Waals surface area contributed by atoms with Gasteiger partial charge < -0.3 is 25.0 Å². The van der Waals surface area contributed by atoms with Gasteiger partial charge in [-0.05, 0) is 84.6 Å². The molecule has 3 unspecified atom stereocenters. The molecule has 0 saturated carbocycles. The van der Waals surface area contributed by atoms with E-state index in [1.165, 1.54) is 4.90 Å². The first-order chi connectivity index (χ1) is 20.0. The summed E-state index contributed by atoms with van der Waals surface area (Å²) in [5, 5.41) is 5.50. The summed E-state index contributed by atoms with van der Waals surface area (Å²) >= 11 is 4.32. The van der Waals surface area contributed by atoms with Crippen LogP contribution in [0, 0.1) is 13.8 Å². The lowest BCUT2D eigenvalue weighted by Gasteiger charge is -2.35. The molecule has 0 bridgehead atoms. The normalized spacial score (nSPS) is 13.7. The van der Waals surface area contributed by atoms with E-state index in [9.17, 15) is 19.2 Å². The van der Waals surface area contributed by atoms with Crippen LogP contribution in [0.1, 0.15) is 76.8 Å². The lowest BCUT2D eigenvalue weighted by atomic mass is 9.93. The number of esters is 1. The summed E-state index contributed by atoms with van der Waals surface area (Å²) < 4.78 is 11.0. The molecule has 2 N–H and O–H groups in total. The Morgan fingerprint density at radius 2 is 1.37 bits per heavy atom. The summed E-state index contributed by atoms with van der Waals surface area (Å²) in [6.45, 7) is 16.1. The molecule has 9 nitrogen and oxygen atoms in total. The minimum Gasteiger partial charge on any atom is -0.458 e. The fraction of sp³-hybridized carbons (Fsp3) is 0.515. The molecular formula is C33H47N3O6S. The van der Waals surface area contributed by atoms with Gasteiger partial charge in [-0.25, -0.2) is 9.59 Å². The molecular weight excluding hydrogens is 566 g/mol. The number of rotatable bonds is 11. The molecule has 0 saturated heterocycles. The van der Waals surface area contributed by atoms with Crippen LogP contribution in [-0.2, 0) is 30.3 Å². The molecule has 0 aliphatic rings. The Morgan fingerprint density at radius 3 is 1.86 bits per heavy atom. The maximum absolute atomic E-state index is 14.3. The van der Waals surface area contributed by atoms with Crippen molar-refractivity contribution in [2.45, 2.75) is 98.1 Å². The maximum Gasteiger partial charge on any atom is 0.408 e. The predicted molar refractivity (Wildman–Crippen MR) is 171 cm³/mol. The van der Waals surface area contributed by atoms with E-state index >= 15 is 0 Å².